The summed E-state index contributed by atoms with van der Waals surface area (Å²) in [5.74, 6) is 1.20. The molecule has 1 aromatic rings. The fourth-order valence-corrected chi connectivity index (χ4v) is 3.75. The number of anilines is 1. The van der Waals surface area contributed by atoms with Crippen LogP contribution in [-0.4, -0.2) is 25.6 Å². The lowest BCUT2D eigenvalue weighted by molar-refractivity contribution is 0.103. The van der Waals surface area contributed by atoms with Crippen molar-refractivity contribution in [2.45, 2.75) is 92.1 Å². The summed E-state index contributed by atoms with van der Waals surface area (Å²) < 4.78 is 6.46. The lowest BCUT2D eigenvalue weighted by atomic mass is 9.96. The Hall–Kier alpha value is -1.00. The van der Waals surface area contributed by atoms with E-state index < -0.39 is 8.32 Å². The van der Waals surface area contributed by atoms with Crippen LogP contribution in [0.2, 0.25) is 18.1 Å². The Morgan fingerprint density at radius 3 is 1.96 bits per heavy atom. The zero-order valence-corrected chi connectivity index (χ0v) is 18.9. The second kappa shape index (κ2) is 8.13. The van der Waals surface area contributed by atoms with Gasteiger partial charge in [0.05, 0.1) is 12.1 Å². The highest BCUT2D eigenvalue weighted by atomic mass is 28.4. The molecule has 0 saturated carbocycles. The largest absolute Gasteiger partial charge is 0.543 e. The molecular weight excluding hydrogens is 326 g/mol. The van der Waals surface area contributed by atoms with Crippen molar-refractivity contribution < 1.29 is 9.53 Å². The third-order valence-electron chi connectivity index (χ3n) is 5.55. The second-order valence-electron chi connectivity index (χ2n) is 9.19. The van der Waals surface area contributed by atoms with E-state index in [4.69, 9.17) is 4.43 Å². The van der Waals surface area contributed by atoms with Gasteiger partial charge in [-0.3, -0.25) is 0 Å². The topological polar surface area (TPSA) is 41.5 Å². The predicted octanol–water partition coefficient (Wildman–Crippen LogP) is 5.89. The van der Waals surface area contributed by atoms with Gasteiger partial charge in [-0.15, -0.1) is 0 Å². The van der Waals surface area contributed by atoms with Gasteiger partial charge in [0.2, 0.25) is 8.32 Å². The van der Waals surface area contributed by atoms with E-state index in [1.807, 2.05) is 0 Å². The predicted molar refractivity (Wildman–Crippen MR) is 112 cm³/mol. The first-order chi connectivity index (χ1) is 11.3. The third kappa shape index (κ3) is 5.48. The smallest absolute Gasteiger partial charge is 0.250 e. The average Bonchev–Trinajstić information content (AvgIpc) is 2.44. The maximum absolute atomic E-state index is 10.4. The molecule has 0 heterocycles. The molecule has 1 rings (SSSR count). The highest BCUT2D eigenvalue weighted by Gasteiger charge is 2.39. The Morgan fingerprint density at radius 1 is 1.12 bits per heavy atom. The zero-order valence-electron chi connectivity index (χ0n) is 17.9. The van der Waals surface area contributed by atoms with E-state index in [0.717, 1.165) is 17.9 Å². The number of rotatable bonds is 7. The standard InChI is InChI=1S/C21H39NO2Si/c1-11-18(20(23)14(2)3)22-19-15(4)12-17(13-16(19)5)24-25(9,10)21(6,7)8/h12-14,18,20,22-23H,11H2,1-10H3/t18-,20+/m0/s1. The first-order valence-electron chi connectivity index (χ1n) is 9.55. The van der Waals surface area contributed by atoms with Crippen molar-refractivity contribution >= 4 is 14.0 Å². The minimum absolute atomic E-state index is 0.0598. The van der Waals surface area contributed by atoms with E-state index in [1.165, 1.54) is 11.1 Å². The summed E-state index contributed by atoms with van der Waals surface area (Å²) in [6.07, 6.45) is 0.535. The Kier molecular flexibility index (Phi) is 7.17. The van der Waals surface area contributed by atoms with Crippen molar-refractivity contribution in [3.63, 3.8) is 0 Å². The Morgan fingerprint density at radius 2 is 1.60 bits per heavy atom. The molecule has 25 heavy (non-hydrogen) atoms. The van der Waals surface area contributed by atoms with Gasteiger partial charge < -0.3 is 14.8 Å². The Bertz CT molecular complexity index is 553. The lowest BCUT2D eigenvalue weighted by Crippen LogP contribution is -2.43. The Balaban J connectivity index is 3.08. The first kappa shape index (κ1) is 22.0. The number of hydrogen-bond acceptors (Lipinski definition) is 3. The second-order valence-corrected chi connectivity index (χ2v) is 13.9. The van der Waals surface area contributed by atoms with Crippen LogP contribution in [0, 0.1) is 19.8 Å². The van der Waals surface area contributed by atoms with Crippen LogP contribution < -0.4 is 9.74 Å². The fourth-order valence-electron chi connectivity index (χ4n) is 2.74. The van der Waals surface area contributed by atoms with Crippen molar-refractivity contribution in [3.8, 4) is 5.75 Å². The maximum atomic E-state index is 10.4. The molecule has 0 saturated heterocycles. The number of hydrogen-bond donors (Lipinski definition) is 2. The molecule has 0 aliphatic heterocycles. The van der Waals surface area contributed by atoms with Crippen LogP contribution in [0.5, 0.6) is 5.75 Å². The number of benzene rings is 1. The number of aliphatic hydroxyl groups excluding tert-OH is 1. The van der Waals surface area contributed by atoms with Crippen molar-refractivity contribution in [2.24, 2.45) is 5.92 Å². The van der Waals surface area contributed by atoms with Gasteiger partial charge in [-0.2, -0.15) is 0 Å². The lowest BCUT2D eigenvalue weighted by Gasteiger charge is -2.37. The van der Waals surface area contributed by atoms with Crippen LogP contribution in [0.1, 0.15) is 59.1 Å². The van der Waals surface area contributed by atoms with Crippen LogP contribution in [0.4, 0.5) is 5.69 Å². The van der Waals surface area contributed by atoms with E-state index >= 15 is 0 Å². The summed E-state index contributed by atoms with van der Waals surface area (Å²) in [4.78, 5) is 0. The van der Waals surface area contributed by atoms with E-state index in [-0.39, 0.29) is 23.1 Å². The molecule has 0 aliphatic rings. The highest BCUT2D eigenvalue weighted by molar-refractivity contribution is 6.74. The van der Waals surface area contributed by atoms with Crippen molar-refractivity contribution in [1.82, 2.24) is 0 Å². The average molecular weight is 366 g/mol. The summed E-state index contributed by atoms with van der Waals surface area (Å²) in [5, 5.41) is 14.2. The van der Waals surface area contributed by atoms with Crippen LogP contribution in [0.3, 0.4) is 0 Å². The summed E-state index contributed by atoms with van der Waals surface area (Å²) in [6, 6.07) is 4.32. The molecule has 0 radical (unpaired) electrons. The maximum Gasteiger partial charge on any atom is 0.250 e. The summed E-state index contributed by atoms with van der Waals surface area (Å²) in [7, 11) is -1.84. The molecule has 2 N–H and O–H groups in total. The van der Waals surface area contributed by atoms with Gasteiger partial charge in [-0.1, -0.05) is 41.5 Å². The minimum atomic E-state index is -1.84. The molecule has 0 unspecified atom stereocenters. The molecule has 0 spiro atoms. The van der Waals surface area contributed by atoms with Gasteiger partial charge in [0.15, 0.2) is 0 Å². The number of aliphatic hydroxyl groups is 1. The van der Waals surface area contributed by atoms with Gasteiger partial charge >= 0.3 is 0 Å². The molecule has 0 amide bonds. The summed E-state index contributed by atoms with van der Waals surface area (Å²) >= 11 is 0. The van der Waals surface area contributed by atoms with Crippen LogP contribution >= 0.6 is 0 Å². The van der Waals surface area contributed by atoms with Gasteiger partial charge in [0.25, 0.3) is 0 Å². The molecule has 4 heteroatoms. The molecular formula is C21H39NO2Si. The number of aryl methyl sites for hydroxylation is 2. The van der Waals surface area contributed by atoms with E-state index in [9.17, 15) is 5.11 Å². The van der Waals surface area contributed by atoms with Crippen molar-refractivity contribution in [2.75, 3.05) is 5.32 Å². The zero-order chi connectivity index (χ0) is 19.6. The molecule has 2 atom stereocenters. The summed E-state index contributed by atoms with van der Waals surface area (Å²) in [5.41, 5.74) is 3.46. The van der Waals surface area contributed by atoms with Crippen molar-refractivity contribution in [3.05, 3.63) is 23.3 Å². The monoisotopic (exact) mass is 365 g/mol. The van der Waals surface area contributed by atoms with Crippen LogP contribution in [0.25, 0.3) is 0 Å². The molecule has 0 aromatic heterocycles. The highest BCUT2D eigenvalue weighted by Crippen LogP contribution is 2.38. The van der Waals surface area contributed by atoms with Crippen molar-refractivity contribution in [1.29, 1.82) is 0 Å². The van der Waals surface area contributed by atoms with E-state index in [1.54, 1.807) is 0 Å². The molecule has 0 bridgehead atoms. The van der Waals surface area contributed by atoms with Gasteiger partial charge in [-0.25, -0.2) is 0 Å². The van der Waals surface area contributed by atoms with Gasteiger partial charge in [0.1, 0.15) is 5.75 Å². The molecule has 1 aromatic carbocycles. The minimum Gasteiger partial charge on any atom is -0.543 e. The van der Waals surface area contributed by atoms with Crippen LogP contribution in [-0.2, 0) is 0 Å². The molecule has 144 valence electrons. The summed E-state index contributed by atoms with van der Waals surface area (Å²) in [6.45, 7) is 21.8. The Labute approximate surface area is 156 Å². The fraction of sp³-hybridized carbons (Fsp3) is 0.714. The van der Waals surface area contributed by atoms with Gasteiger partial charge in [-0.05, 0) is 67.6 Å². The van der Waals surface area contributed by atoms with E-state index in [0.29, 0.717) is 0 Å². The molecule has 0 fully saturated rings. The SMILES string of the molecule is CC[C@H](Nc1c(C)cc(O[Si](C)(C)C(C)(C)C)cc1C)[C@H](O)C(C)C. The quantitative estimate of drug-likeness (QED) is 0.591. The number of nitrogens with one attached hydrogen (secondary N) is 1. The molecule has 0 aliphatic carbocycles. The van der Waals surface area contributed by atoms with Gasteiger partial charge in [0, 0.05) is 5.69 Å². The third-order valence-corrected chi connectivity index (χ3v) is 9.91. The van der Waals surface area contributed by atoms with Crippen LogP contribution in [0.15, 0.2) is 12.1 Å². The first-order valence-corrected chi connectivity index (χ1v) is 12.5. The van der Waals surface area contributed by atoms with E-state index in [2.05, 4.69) is 85.9 Å². The molecule has 3 nitrogen and oxygen atoms in total. The normalized spacial score (nSPS) is 15.2.